The Balaban J connectivity index is 1.67. The average molecular weight is 389 g/mol. The second-order valence-electron chi connectivity index (χ2n) is 6.97. The van der Waals surface area contributed by atoms with Gasteiger partial charge in [-0.1, -0.05) is 56.5 Å². The highest BCUT2D eigenvalue weighted by atomic mass is 16.5. The normalized spacial score (nSPS) is 11.1. The zero-order valence-corrected chi connectivity index (χ0v) is 17.0. The van der Waals surface area contributed by atoms with Crippen molar-refractivity contribution in [1.29, 1.82) is 0 Å². The van der Waals surface area contributed by atoms with E-state index in [0.717, 1.165) is 34.3 Å². The Morgan fingerprint density at radius 3 is 2.76 bits per heavy atom. The number of aromatic nitrogens is 1. The summed E-state index contributed by atoms with van der Waals surface area (Å²) in [6.45, 7) is 4.75. The maximum Gasteiger partial charge on any atom is 0.272 e. The van der Waals surface area contributed by atoms with Crippen LogP contribution in [0.3, 0.4) is 0 Å². The Morgan fingerprint density at radius 2 is 1.90 bits per heavy atom. The Bertz CT molecular complexity index is 998. The fourth-order valence-corrected chi connectivity index (χ4v) is 3.15. The molecule has 150 valence electrons. The molecule has 1 aromatic heterocycles. The average Bonchev–Trinajstić information content (AvgIpc) is 2.74. The van der Waals surface area contributed by atoms with Crippen LogP contribution in [0.2, 0.25) is 0 Å². The van der Waals surface area contributed by atoms with Crippen LogP contribution in [-0.2, 0) is 0 Å². The van der Waals surface area contributed by atoms with Gasteiger partial charge in [-0.2, -0.15) is 5.10 Å². The highest BCUT2D eigenvalue weighted by molar-refractivity contribution is 6.06. The van der Waals surface area contributed by atoms with Gasteiger partial charge in [0.2, 0.25) is 0 Å². The van der Waals surface area contributed by atoms with Gasteiger partial charge in [-0.3, -0.25) is 9.78 Å². The number of amides is 1. The van der Waals surface area contributed by atoms with Crippen LogP contribution in [0.25, 0.3) is 10.9 Å². The second-order valence-corrected chi connectivity index (χ2v) is 6.97. The van der Waals surface area contributed by atoms with E-state index in [0.29, 0.717) is 12.2 Å². The summed E-state index contributed by atoms with van der Waals surface area (Å²) in [5.74, 6) is 0.508. The smallest absolute Gasteiger partial charge is 0.272 e. The number of hydrogen-bond donors (Lipinski definition) is 1. The Morgan fingerprint density at radius 1 is 1.10 bits per heavy atom. The number of rotatable bonds is 9. The molecule has 0 fully saturated rings. The van der Waals surface area contributed by atoms with Crippen LogP contribution in [-0.4, -0.2) is 23.7 Å². The zero-order chi connectivity index (χ0) is 20.5. The third kappa shape index (κ3) is 5.64. The highest BCUT2D eigenvalue weighted by Crippen LogP contribution is 2.19. The molecule has 5 nitrogen and oxygen atoms in total. The molecule has 2 aromatic carbocycles. The van der Waals surface area contributed by atoms with Crippen LogP contribution < -0.4 is 10.2 Å². The quantitative estimate of drug-likeness (QED) is 0.308. The predicted molar refractivity (Wildman–Crippen MR) is 118 cm³/mol. The lowest BCUT2D eigenvalue weighted by Crippen LogP contribution is -2.18. The molecule has 0 saturated carbocycles. The Hall–Kier alpha value is -3.21. The number of carbonyl (C=O) groups excluding carboxylic acids is 1. The first-order valence-corrected chi connectivity index (χ1v) is 10.1. The Labute approximate surface area is 171 Å². The number of benzene rings is 2. The molecule has 1 amide bonds. The van der Waals surface area contributed by atoms with E-state index in [-0.39, 0.29) is 5.91 Å². The van der Waals surface area contributed by atoms with Crippen LogP contribution in [0.5, 0.6) is 5.75 Å². The van der Waals surface area contributed by atoms with E-state index in [2.05, 4.69) is 22.4 Å². The summed E-state index contributed by atoms with van der Waals surface area (Å²) >= 11 is 0. The van der Waals surface area contributed by atoms with Gasteiger partial charge in [0.15, 0.2) is 0 Å². The molecule has 0 aliphatic rings. The van der Waals surface area contributed by atoms with Gasteiger partial charge in [0.05, 0.1) is 23.9 Å². The maximum absolute atomic E-state index is 12.7. The fraction of sp³-hybridized carbons (Fsp3) is 0.292. The van der Waals surface area contributed by atoms with Crippen molar-refractivity contribution in [2.75, 3.05) is 6.61 Å². The summed E-state index contributed by atoms with van der Waals surface area (Å²) in [5, 5.41) is 4.95. The lowest BCUT2D eigenvalue weighted by molar-refractivity contribution is 0.0956. The summed E-state index contributed by atoms with van der Waals surface area (Å²) in [6.07, 6.45) is 6.25. The number of aryl methyl sites for hydroxylation is 1. The summed E-state index contributed by atoms with van der Waals surface area (Å²) in [5.41, 5.74) is 5.60. The van der Waals surface area contributed by atoms with Gasteiger partial charge >= 0.3 is 0 Å². The third-order valence-electron chi connectivity index (χ3n) is 4.63. The Kier molecular flexibility index (Phi) is 7.34. The minimum atomic E-state index is -0.263. The van der Waals surface area contributed by atoms with Crippen LogP contribution in [0.1, 0.15) is 54.2 Å². The van der Waals surface area contributed by atoms with Crippen LogP contribution in [0.4, 0.5) is 0 Å². The number of ether oxygens (including phenoxy) is 1. The summed E-state index contributed by atoms with van der Waals surface area (Å²) in [7, 11) is 0. The van der Waals surface area contributed by atoms with Crippen molar-refractivity contribution in [2.24, 2.45) is 5.10 Å². The van der Waals surface area contributed by atoms with Gasteiger partial charge in [-0.05, 0) is 37.6 Å². The molecule has 0 radical (unpaired) electrons. The van der Waals surface area contributed by atoms with E-state index < -0.39 is 0 Å². The number of fused-ring (bicyclic) bond motifs is 1. The standard InChI is InChI=1S/C24H27N3O2/c1-3-4-5-10-15-29-23-14-9-6-11-19(23)17-25-27-24(28)21-16-18(2)26-22-13-8-7-12-20(21)22/h6-9,11-14,16-17H,3-5,10,15H2,1-2H3,(H,27,28)/b25-17-. The molecule has 3 rings (SSSR count). The molecular weight excluding hydrogens is 362 g/mol. The van der Waals surface area contributed by atoms with Crippen molar-refractivity contribution >= 4 is 23.0 Å². The van der Waals surface area contributed by atoms with Gasteiger partial charge < -0.3 is 4.74 Å². The summed E-state index contributed by atoms with van der Waals surface area (Å²) < 4.78 is 5.89. The van der Waals surface area contributed by atoms with E-state index in [1.54, 1.807) is 12.3 Å². The number of para-hydroxylation sites is 2. The highest BCUT2D eigenvalue weighted by Gasteiger charge is 2.11. The molecule has 0 saturated heterocycles. The molecule has 3 aromatic rings. The van der Waals surface area contributed by atoms with Gasteiger partial charge in [0.1, 0.15) is 5.75 Å². The van der Waals surface area contributed by atoms with Crippen molar-refractivity contribution in [2.45, 2.75) is 39.5 Å². The lowest BCUT2D eigenvalue weighted by atomic mass is 10.1. The van der Waals surface area contributed by atoms with Gasteiger partial charge in [0.25, 0.3) is 5.91 Å². The molecule has 1 N–H and O–H groups in total. The minimum Gasteiger partial charge on any atom is -0.493 e. The first-order chi connectivity index (χ1) is 14.2. The molecular formula is C24H27N3O2. The van der Waals surface area contributed by atoms with Gasteiger partial charge in [-0.25, -0.2) is 5.43 Å². The van der Waals surface area contributed by atoms with Crippen molar-refractivity contribution in [3.63, 3.8) is 0 Å². The number of nitrogens with one attached hydrogen (secondary N) is 1. The van der Waals surface area contributed by atoms with Crippen molar-refractivity contribution in [3.05, 3.63) is 71.4 Å². The van der Waals surface area contributed by atoms with E-state index >= 15 is 0 Å². The van der Waals surface area contributed by atoms with E-state index in [4.69, 9.17) is 4.74 Å². The number of hydrazone groups is 1. The predicted octanol–water partition coefficient (Wildman–Crippen LogP) is 5.27. The fourth-order valence-electron chi connectivity index (χ4n) is 3.15. The van der Waals surface area contributed by atoms with Crippen molar-refractivity contribution in [3.8, 4) is 5.75 Å². The summed E-state index contributed by atoms with van der Waals surface area (Å²) in [4.78, 5) is 17.1. The number of nitrogens with zero attached hydrogens (tertiary/aromatic N) is 2. The van der Waals surface area contributed by atoms with Gasteiger partial charge in [0, 0.05) is 16.6 Å². The lowest BCUT2D eigenvalue weighted by Gasteiger charge is -2.09. The maximum atomic E-state index is 12.7. The molecule has 5 heteroatoms. The van der Waals surface area contributed by atoms with Crippen molar-refractivity contribution in [1.82, 2.24) is 10.4 Å². The summed E-state index contributed by atoms with van der Waals surface area (Å²) in [6, 6.07) is 17.1. The van der Waals surface area contributed by atoms with Crippen LogP contribution in [0, 0.1) is 6.92 Å². The molecule has 29 heavy (non-hydrogen) atoms. The zero-order valence-electron chi connectivity index (χ0n) is 17.0. The molecule has 0 aliphatic heterocycles. The van der Waals surface area contributed by atoms with Crippen LogP contribution >= 0.6 is 0 Å². The second kappa shape index (κ2) is 10.4. The molecule has 0 unspecified atom stereocenters. The minimum absolute atomic E-state index is 0.263. The van der Waals surface area contributed by atoms with E-state index in [1.165, 1.54) is 19.3 Å². The van der Waals surface area contributed by atoms with Gasteiger partial charge in [-0.15, -0.1) is 0 Å². The number of carbonyl (C=O) groups is 1. The SMILES string of the molecule is CCCCCCOc1ccccc1/C=N\NC(=O)c1cc(C)nc2ccccc12. The largest absolute Gasteiger partial charge is 0.493 e. The number of unbranched alkanes of at least 4 members (excludes halogenated alkanes) is 3. The first-order valence-electron chi connectivity index (χ1n) is 10.1. The monoisotopic (exact) mass is 389 g/mol. The van der Waals surface area contributed by atoms with Crippen LogP contribution in [0.15, 0.2) is 59.7 Å². The first kappa shape index (κ1) is 20.5. The molecule has 0 bridgehead atoms. The topological polar surface area (TPSA) is 63.6 Å². The molecule has 0 spiro atoms. The molecule has 0 aliphatic carbocycles. The third-order valence-corrected chi connectivity index (χ3v) is 4.63. The number of hydrogen-bond acceptors (Lipinski definition) is 4. The molecule has 0 atom stereocenters. The van der Waals surface area contributed by atoms with E-state index in [1.807, 2.05) is 55.5 Å². The van der Waals surface area contributed by atoms with E-state index in [9.17, 15) is 4.79 Å². The molecule has 1 heterocycles. The van der Waals surface area contributed by atoms with Crippen molar-refractivity contribution < 1.29 is 9.53 Å². The number of pyridine rings is 1.